The molecule has 6 heteroatoms. The molecule has 0 aliphatic heterocycles. The van der Waals surface area contributed by atoms with Gasteiger partial charge in [0.05, 0.1) is 36.9 Å². The molecule has 0 atom stereocenters. The van der Waals surface area contributed by atoms with Crippen molar-refractivity contribution in [2.24, 2.45) is 0 Å². The molecule has 18 heavy (non-hydrogen) atoms. The second kappa shape index (κ2) is 7.81. The van der Waals surface area contributed by atoms with Crippen LogP contribution in [0.3, 0.4) is 0 Å². The standard InChI is InChI=1S/C12H19F2N3O/c1-2-3-16-10-6-11(8-15-7-10)17(4-5-18)9-12(13)14/h6-8,12,16,18H,2-5,9H2,1H3. The van der Waals surface area contributed by atoms with Crippen LogP contribution < -0.4 is 10.2 Å². The normalized spacial score (nSPS) is 10.7. The smallest absolute Gasteiger partial charge is 0.255 e. The zero-order chi connectivity index (χ0) is 13.4. The number of hydrogen-bond acceptors (Lipinski definition) is 4. The highest BCUT2D eigenvalue weighted by molar-refractivity contribution is 5.55. The van der Waals surface area contributed by atoms with Gasteiger partial charge in [0.1, 0.15) is 0 Å². The van der Waals surface area contributed by atoms with Crippen molar-refractivity contribution >= 4 is 11.4 Å². The van der Waals surface area contributed by atoms with Crippen LogP contribution in [-0.4, -0.2) is 42.8 Å². The monoisotopic (exact) mass is 259 g/mol. The van der Waals surface area contributed by atoms with Crippen molar-refractivity contribution in [3.05, 3.63) is 18.5 Å². The van der Waals surface area contributed by atoms with Crippen LogP contribution in [0, 0.1) is 0 Å². The summed E-state index contributed by atoms with van der Waals surface area (Å²) in [7, 11) is 0. The molecule has 0 fully saturated rings. The minimum atomic E-state index is -2.44. The van der Waals surface area contributed by atoms with Crippen molar-refractivity contribution in [1.29, 1.82) is 0 Å². The number of nitrogens with one attached hydrogen (secondary N) is 1. The van der Waals surface area contributed by atoms with Gasteiger partial charge in [0.25, 0.3) is 6.43 Å². The zero-order valence-electron chi connectivity index (χ0n) is 10.4. The van der Waals surface area contributed by atoms with E-state index >= 15 is 0 Å². The fourth-order valence-electron chi connectivity index (χ4n) is 1.58. The molecule has 0 spiro atoms. The highest BCUT2D eigenvalue weighted by atomic mass is 19.3. The Kier molecular flexibility index (Phi) is 6.35. The molecular formula is C12H19F2N3O. The second-order valence-corrected chi connectivity index (χ2v) is 3.92. The molecule has 0 unspecified atom stereocenters. The number of hydrogen-bond donors (Lipinski definition) is 2. The predicted octanol–water partition coefficient (Wildman–Crippen LogP) is 1.97. The molecule has 1 heterocycles. The van der Waals surface area contributed by atoms with Gasteiger partial charge in [0.15, 0.2) is 0 Å². The van der Waals surface area contributed by atoms with Crippen LogP contribution in [-0.2, 0) is 0 Å². The average molecular weight is 259 g/mol. The van der Waals surface area contributed by atoms with E-state index in [2.05, 4.69) is 10.3 Å². The maximum atomic E-state index is 12.4. The molecule has 0 aliphatic carbocycles. The molecule has 1 aromatic rings. The van der Waals surface area contributed by atoms with Gasteiger partial charge in [0.2, 0.25) is 0 Å². The van der Waals surface area contributed by atoms with E-state index in [1.54, 1.807) is 12.3 Å². The lowest BCUT2D eigenvalue weighted by molar-refractivity contribution is 0.153. The van der Waals surface area contributed by atoms with Crippen LogP contribution in [0.4, 0.5) is 20.2 Å². The molecule has 0 aromatic carbocycles. The summed E-state index contributed by atoms with van der Waals surface area (Å²) >= 11 is 0. The summed E-state index contributed by atoms with van der Waals surface area (Å²) in [6, 6.07) is 1.76. The summed E-state index contributed by atoms with van der Waals surface area (Å²) in [5.74, 6) is 0. The van der Waals surface area contributed by atoms with Crippen molar-refractivity contribution in [2.45, 2.75) is 19.8 Å². The zero-order valence-corrected chi connectivity index (χ0v) is 10.4. The first-order valence-corrected chi connectivity index (χ1v) is 6.00. The molecule has 1 aromatic heterocycles. The predicted molar refractivity (Wildman–Crippen MR) is 68.3 cm³/mol. The number of aliphatic hydroxyl groups excluding tert-OH is 1. The second-order valence-electron chi connectivity index (χ2n) is 3.92. The molecule has 2 N–H and O–H groups in total. The third-order valence-corrected chi connectivity index (χ3v) is 2.40. The van der Waals surface area contributed by atoms with E-state index in [0.29, 0.717) is 5.69 Å². The van der Waals surface area contributed by atoms with Gasteiger partial charge in [-0.2, -0.15) is 0 Å². The highest BCUT2D eigenvalue weighted by Gasteiger charge is 2.13. The van der Waals surface area contributed by atoms with E-state index in [1.165, 1.54) is 11.1 Å². The Morgan fingerprint density at radius 2 is 2.22 bits per heavy atom. The third kappa shape index (κ3) is 4.83. The first-order valence-electron chi connectivity index (χ1n) is 6.00. The van der Waals surface area contributed by atoms with Gasteiger partial charge < -0.3 is 15.3 Å². The maximum absolute atomic E-state index is 12.4. The van der Waals surface area contributed by atoms with Gasteiger partial charge in [-0.15, -0.1) is 0 Å². The molecule has 0 amide bonds. The summed E-state index contributed by atoms with van der Waals surface area (Å²) in [4.78, 5) is 5.44. The van der Waals surface area contributed by atoms with Crippen LogP contribution in [0.15, 0.2) is 18.5 Å². The number of rotatable bonds is 8. The maximum Gasteiger partial charge on any atom is 0.255 e. The topological polar surface area (TPSA) is 48.4 Å². The molecule has 102 valence electrons. The molecule has 4 nitrogen and oxygen atoms in total. The number of anilines is 2. The van der Waals surface area contributed by atoms with Gasteiger partial charge in [-0.05, 0) is 12.5 Å². The summed E-state index contributed by atoms with van der Waals surface area (Å²) in [5.41, 5.74) is 1.39. The van der Waals surface area contributed by atoms with E-state index in [-0.39, 0.29) is 13.2 Å². The van der Waals surface area contributed by atoms with E-state index in [0.717, 1.165) is 18.7 Å². The lowest BCUT2D eigenvalue weighted by Crippen LogP contribution is -2.31. The Balaban J connectivity index is 2.76. The Morgan fingerprint density at radius 1 is 1.44 bits per heavy atom. The summed E-state index contributed by atoms with van der Waals surface area (Å²) in [6.45, 7) is 2.45. The van der Waals surface area contributed by atoms with Gasteiger partial charge in [0, 0.05) is 13.1 Å². The first-order chi connectivity index (χ1) is 8.67. The molecule has 0 radical (unpaired) electrons. The van der Waals surface area contributed by atoms with Crippen LogP contribution in [0.25, 0.3) is 0 Å². The highest BCUT2D eigenvalue weighted by Crippen LogP contribution is 2.18. The number of nitrogens with zero attached hydrogens (tertiary/aromatic N) is 2. The van der Waals surface area contributed by atoms with E-state index < -0.39 is 13.0 Å². The Hall–Kier alpha value is -1.43. The lowest BCUT2D eigenvalue weighted by atomic mass is 10.3. The fourth-order valence-corrected chi connectivity index (χ4v) is 1.58. The minimum absolute atomic E-state index is 0.167. The minimum Gasteiger partial charge on any atom is -0.395 e. The number of alkyl halides is 2. The van der Waals surface area contributed by atoms with Crippen LogP contribution in [0.2, 0.25) is 0 Å². The van der Waals surface area contributed by atoms with E-state index in [9.17, 15) is 8.78 Å². The SMILES string of the molecule is CCCNc1cncc(N(CCO)CC(F)F)c1. The van der Waals surface area contributed by atoms with Gasteiger partial charge >= 0.3 is 0 Å². The number of aliphatic hydroxyl groups is 1. The van der Waals surface area contributed by atoms with Gasteiger partial charge in [-0.3, -0.25) is 4.98 Å². The van der Waals surface area contributed by atoms with Gasteiger partial charge in [-0.25, -0.2) is 8.78 Å². The quantitative estimate of drug-likeness (QED) is 0.749. The van der Waals surface area contributed by atoms with Crippen molar-refractivity contribution < 1.29 is 13.9 Å². The summed E-state index contributed by atoms with van der Waals surface area (Å²) in [5, 5.41) is 12.0. The van der Waals surface area contributed by atoms with Crippen molar-refractivity contribution in [3.63, 3.8) is 0 Å². The lowest BCUT2D eigenvalue weighted by Gasteiger charge is -2.23. The van der Waals surface area contributed by atoms with Crippen LogP contribution in [0.1, 0.15) is 13.3 Å². The Morgan fingerprint density at radius 3 is 2.83 bits per heavy atom. The number of halogens is 2. The fraction of sp³-hybridized carbons (Fsp3) is 0.583. The summed E-state index contributed by atoms with van der Waals surface area (Å²) < 4.78 is 24.9. The van der Waals surface area contributed by atoms with Crippen molar-refractivity contribution in [2.75, 3.05) is 36.5 Å². The molecular weight excluding hydrogens is 240 g/mol. The number of aromatic nitrogens is 1. The van der Waals surface area contributed by atoms with Crippen molar-refractivity contribution in [3.8, 4) is 0 Å². The van der Waals surface area contributed by atoms with Crippen LogP contribution >= 0.6 is 0 Å². The largest absolute Gasteiger partial charge is 0.395 e. The molecule has 0 bridgehead atoms. The molecule has 0 aliphatic rings. The molecule has 1 rings (SSSR count). The number of pyridine rings is 1. The van der Waals surface area contributed by atoms with E-state index in [4.69, 9.17) is 5.11 Å². The Labute approximate surface area is 106 Å². The van der Waals surface area contributed by atoms with Crippen LogP contribution in [0.5, 0.6) is 0 Å². The average Bonchev–Trinajstić information content (AvgIpc) is 2.36. The van der Waals surface area contributed by atoms with Gasteiger partial charge in [-0.1, -0.05) is 6.92 Å². The molecule has 0 saturated heterocycles. The molecule has 0 saturated carbocycles. The third-order valence-electron chi connectivity index (χ3n) is 2.40. The van der Waals surface area contributed by atoms with Crippen molar-refractivity contribution in [1.82, 2.24) is 4.98 Å². The first kappa shape index (κ1) is 14.6. The van der Waals surface area contributed by atoms with E-state index in [1.807, 2.05) is 6.92 Å². The summed E-state index contributed by atoms with van der Waals surface area (Å²) in [6.07, 6.45) is 1.71. The Bertz CT molecular complexity index is 350.